The van der Waals surface area contributed by atoms with E-state index in [2.05, 4.69) is 15.4 Å². The second kappa shape index (κ2) is 6.77. The van der Waals surface area contributed by atoms with E-state index >= 15 is 0 Å². The molecular weight excluding hydrogens is 346 g/mol. The van der Waals surface area contributed by atoms with Gasteiger partial charge in [-0.3, -0.25) is 9.48 Å². The van der Waals surface area contributed by atoms with Gasteiger partial charge in [0.15, 0.2) is 0 Å². The van der Waals surface area contributed by atoms with Crippen molar-refractivity contribution in [3.8, 4) is 0 Å². The van der Waals surface area contributed by atoms with Crippen LogP contribution < -0.4 is 0 Å². The molecule has 3 rings (SSSR count). The molecule has 0 fully saturated rings. The highest BCUT2D eigenvalue weighted by Crippen LogP contribution is 2.43. The number of nitrogens with zero attached hydrogens (tertiary/aromatic N) is 5. The van der Waals surface area contributed by atoms with Crippen LogP contribution >= 0.6 is 0 Å². The number of aliphatic carboxylic acids is 1. The summed E-state index contributed by atoms with van der Waals surface area (Å²) in [4.78, 5) is 12.1. The summed E-state index contributed by atoms with van der Waals surface area (Å²) in [6.45, 7) is 7.87. The van der Waals surface area contributed by atoms with Gasteiger partial charge in [-0.05, 0) is 51.0 Å². The van der Waals surface area contributed by atoms with Crippen LogP contribution in [0.4, 0.5) is 0 Å². The van der Waals surface area contributed by atoms with Crippen molar-refractivity contribution in [1.82, 2.24) is 24.8 Å². The zero-order valence-corrected chi connectivity index (χ0v) is 16.3. The van der Waals surface area contributed by atoms with Crippen LogP contribution in [0, 0.1) is 12.3 Å². The molecule has 0 aliphatic carbocycles. The van der Waals surface area contributed by atoms with Crippen molar-refractivity contribution in [2.24, 2.45) is 12.5 Å². The molecule has 0 spiro atoms. The quantitative estimate of drug-likeness (QED) is 0.688. The lowest BCUT2D eigenvalue weighted by Gasteiger charge is -2.30. The third kappa shape index (κ3) is 2.99. The van der Waals surface area contributed by atoms with Gasteiger partial charge in [0.2, 0.25) is 0 Å². The molecule has 0 saturated heterocycles. The summed E-state index contributed by atoms with van der Waals surface area (Å²) >= 11 is 0. The van der Waals surface area contributed by atoms with Crippen LogP contribution in [-0.2, 0) is 25.0 Å². The molecule has 8 heteroatoms. The number of carboxylic acid groups (broad SMARTS) is 1. The average Bonchev–Trinajstić information content (AvgIpc) is 3.20. The van der Waals surface area contributed by atoms with Crippen LogP contribution in [0.5, 0.6) is 0 Å². The van der Waals surface area contributed by atoms with Gasteiger partial charge in [-0.25, -0.2) is 4.68 Å². The molecule has 1 atom stereocenters. The molecule has 144 valence electrons. The number of carboxylic acids is 1. The van der Waals surface area contributed by atoms with Crippen LogP contribution in [-0.4, -0.2) is 41.0 Å². The van der Waals surface area contributed by atoms with E-state index in [9.17, 15) is 15.0 Å². The van der Waals surface area contributed by atoms with Crippen LogP contribution in [0.3, 0.4) is 0 Å². The van der Waals surface area contributed by atoms with Crippen LogP contribution in [0.15, 0.2) is 18.2 Å². The molecule has 2 heterocycles. The average molecular weight is 371 g/mol. The minimum Gasteiger partial charge on any atom is -0.481 e. The van der Waals surface area contributed by atoms with E-state index in [0.29, 0.717) is 17.9 Å². The molecule has 0 saturated carbocycles. The zero-order valence-electron chi connectivity index (χ0n) is 16.3. The molecule has 0 amide bonds. The lowest BCUT2D eigenvalue weighted by molar-refractivity contribution is -0.147. The maximum atomic E-state index is 12.1. The number of carbonyl (C=O) groups is 1. The first-order valence-electron chi connectivity index (χ1n) is 8.92. The maximum Gasteiger partial charge on any atom is 0.310 e. The Bertz CT molecular complexity index is 1000. The lowest BCUT2D eigenvalue weighted by atomic mass is 9.72. The fourth-order valence-electron chi connectivity index (χ4n) is 3.59. The Kier molecular flexibility index (Phi) is 4.77. The lowest BCUT2D eigenvalue weighted by Crippen LogP contribution is -2.33. The molecule has 2 N–H and O–H groups in total. The molecule has 3 aromatic rings. The Labute approximate surface area is 157 Å². The second-order valence-corrected chi connectivity index (χ2v) is 7.35. The van der Waals surface area contributed by atoms with Crippen LogP contribution in [0.25, 0.3) is 11.0 Å². The van der Waals surface area contributed by atoms with Crippen molar-refractivity contribution in [2.45, 2.75) is 46.8 Å². The van der Waals surface area contributed by atoms with E-state index in [1.54, 1.807) is 31.6 Å². The number of hydrogen-bond donors (Lipinski definition) is 2. The number of aliphatic hydroxyl groups excluding tert-OH is 1. The van der Waals surface area contributed by atoms with Gasteiger partial charge in [-0.15, -0.1) is 5.10 Å². The minimum absolute atomic E-state index is 0.160. The highest BCUT2D eigenvalue weighted by molar-refractivity contribution is 5.81. The Morgan fingerprint density at radius 3 is 2.59 bits per heavy atom. The number of aliphatic hydroxyl groups is 1. The van der Waals surface area contributed by atoms with E-state index in [0.717, 1.165) is 22.2 Å². The van der Waals surface area contributed by atoms with E-state index in [4.69, 9.17) is 0 Å². The summed E-state index contributed by atoms with van der Waals surface area (Å²) in [7, 11) is 1.74. The summed E-state index contributed by atoms with van der Waals surface area (Å²) in [5, 5.41) is 32.4. The number of rotatable bonds is 6. The van der Waals surface area contributed by atoms with Gasteiger partial charge in [0.1, 0.15) is 5.52 Å². The Morgan fingerprint density at radius 1 is 1.33 bits per heavy atom. The molecule has 2 aromatic heterocycles. The minimum atomic E-state index is -1.11. The highest BCUT2D eigenvalue weighted by atomic mass is 16.4. The van der Waals surface area contributed by atoms with Gasteiger partial charge in [-0.1, -0.05) is 11.3 Å². The van der Waals surface area contributed by atoms with Crippen LogP contribution in [0.2, 0.25) is 0 Å². The highest BCUT2D eigenvalue weighted by Gasteiger charge is 2.41. The summed E-state index contributed by atoms with van der Waals surface area (Å²) in [6.07, 6.45) is 0. The van der Waals surface area contributed by atoms with Crippen molar-refractivity contribution in [3.05, 3.63) is 40.7 Å². The monoisotopic (exact) mass is 371 g/mol. The predicted molar refractivity (Wildman–Crippen MR) is 100 cm³/mol. The van der Waals surface area contributed by atoms with Crippen molar-refractivity contribution in [2.75, 3.05) is 0 Å². The van der Waals surface area contributed by atoms with Gasteiger partial charge in [0.25, 0.3) is 0 Å². The first kappa shape index (κ1) is 19.0. The summed E-state index contributed by atoms with van der Waals surface area (Å²) in [6, 6.07) is 5.64. The normalized spacial score (nSPS) is 13.3. The molecule has 27 heavy (non-hydrogen) atoms. The number of fused-ring (bicyclic) bond motifs is 1. The topological polar surface area (TPSA) is 106 Å². The summed E-state index contributed by atoms with van der Waals surface area (Å²) in [5.41, 5.74) is 3.55. The first-order chi connectivity index (χ1) is 12.7. The smallest absolute Gasteiger partial charge is 0.310 e. The Morgan fingerprint density at radius 2 is 2.04 bits per heavy atom. The van der Waals surface area contributed by atoms with Crippen molar-refractivity contribution in [3.63, 3.8) is 0 Å². The standard InChI is InChI=1S/C19H25N5O3/c1-6-24-15-8-7-13(11(2)17(15)20-22-24)16(19(3,4)18(26)27)14-9-12(10-25)23(5)21-14/h7-9,16,25H,6,10H2,1-5H3,(H,26,27)/t16-/m1/s1. The molecule has 0 aliphatic rings. The van der Waals surface area contributed by atoms with Gasteiger partial charge < -0.3 is 10.2 Å². The van der Waals surface area contributed by atoms with Crippen molar-refractivity contribution >= 4 is 17.0 Å². The third-order valence-corrected chi connectivity index (χ3v) is 5.32. The van der Waals surface area contributed by atoms with E-state index in [1.807, 2.05) is 30.7 Å². The van der Waals surface area contributed by atoms with Crippen LogP contribution in [0.1, 0.15) is 49.2 Å². The van der Waals surface area contributed by atoms with Gasteiger partial charge >= 0.3 is 5.97 Å². The molecule has 0 radical (unpaired) electrons. The fraction of sp³-hybridized carbons (Fsp3) is 0.474. The predicted octanol–water partition coefficient (Wildman–Crippen LogP) is 2.23. The van der Waals surface area contributed by atoms with Crippen molar-refractivity contribution < 1.29 is 15.0 Å². The second-order valence-electron chi connectivity index (χ2n) is 7.35. The molecular formula is C19H25N5O3. The van der Waals surface area contributed by atoms with Gasteiger partial charge in [0, 0.05) is 19.5 Å². The Hall–Kier alpha value is -2.74. The summed E-state index contributed by atoms with van der Waals surface area (Å²) < 4.78 is 3.40. The zero-order chi connectivity index (χ0) is 19.9. The van der Waals surface area contributed by atoms with Gasteiger partial charge in [-0.2, -0.15) is 5.10 Å². The van der Waals surface area contributed by atoms with Gasteiger partial charge in [0.05, 0.1) is 28.9 Å². The molecule has 1 aromatic carbocycles. The van der Waals surface area contributed by atoms with E-state index < -0.39 is 17.3 Å². The largest absolute Gasteiger partial charge is 0.481 e. The molecule has 0 aliphatic heterocycles. The number of benzene rings is 1. The van der Waals surface area contributed by atoms with E-state index in [1.165, 1.54) is 0 Å². The SMILES string of the molecule is CCn1nnc2c(C)c([C@H](c3cc(CO)n(C)n3)C(C)(C)C(=O)O)ccc21. The number of hydrogen-bond acceptors (Lipinski definition) is 5. The third-order valence-electron chi connectivity index (χ3n) is 5.32. The summed E-state index contributed by atoms with van der Waals surface area (Å²) in [5.74, 6) is -1.42. The first-order valence-corrected chi connectivity index (χ1v) is 8.92. The molecule has 0 bridgehead atoms. The molecule has 0 unspecified atom stereocenters. The fourth-order valence-corrected chi connectivity index (χ4v) is 3.59. The number of aryl methyl sites for hydroxylation is 3. The Balaban J connectivity index is 2.26. The molecule has 8 nitrogen and oxygen atoms in total. The van der Waals surface area contributed by atoms with Crippen molar-refractivity contribution in [1.29, 1.82) is 0 Å². The number of aromatic nitrogens is 5. The van der Waals surface area contributed by atoms with E-state index in [-0.39, 0.29) is 6.61 Å². The maximum absolute atomic E-state index is 12.1.